The Morgan fingerprint density at radius 3 is 2.94 bits per heavy atom. The van der Waals surface area contributed by atoms with Gasteiger partial charge in [0.2, 0.25) is 0 Å². The third-order valence-electron chi connectivity index (χ3n) is 3.27. The van der Waals surface area contributed by atoms with Gasteiger partial charge in [-0.3, -0.25) is 4.68 Å². The molecule has 1 aliphatic carbocycles. The van der Waals surface area contributed by atoms with Crippen LogP contribution in [-0.4, -0.2) is 45.5 Å². The van der Waals surface area contributed by atoms with E-state index >= 15 is 0 Å². The van der Waals surface area contributed by atoms with Crippen molar-refractivity contribution in [2.24, 2.45) is 5.92 Å². The molecule has 0 bridgehead atoms. The maximum atomic E-state index is 10.1. The van der Waals surface area contributed by atoms with Crippen molar-refractivity contribution in [2.75, 3.05) is 25.4 Å². The van der Waals surface area contributed by atoms with Crippen molar-refractivity contribution >= 4 is 5.69 Å². The molecule has 0 saturated heterocycles. The van der Waals surface area contributed by atoms with Crippen molar-refractivity contribution in [1.29, 1.82) is 0 Å². The molecule has 0 amide bonds. The predicted octanol–water partition coefficient (Wildman–Crippen LogP) is 0.948. The van der Waals surface area contributed by atoms with Crippen LogP contribution in [0.15, 0.2) is 12.4 Å². The van der Waals surface area contributed by atoms with Crippen LogP contribution in [0.4, 0.5) is 5.69 Å². The second kappa shape index (κ2) is 6.20. The van der Waals surface area contributed by atoms with Gasteiger partial charge < -0.3 is 15.7 Å². The number of aromatic nitrogens is 2. The van der Waals surface area contributed by atoms with Crippen molar-refractivity contribution in [1.82, 2.24) is 14.7 Å². The summed E-state index contributed by atoms with van der Waals surface area (Å²) in [5, 5.41) is 14.2. The molecule has 5 nitrogen and oxygen atoms in total. The van der Waals surface area contributed by atoms with Gasteiger partial charge in [-0.15, -0.1) is 0 Å². The average molecular weight is 252 g/mol. The number of nitrogen functional groups attached to an aromatic ring is 1. The summed E-state index contributed by atoms with van der Waals surface area (Å²) in [5.74, 6) is 0.865. The van der Waals surface area contributed by atoms with E-state index in [1.54, 1.807) is 17.1 Å². The minimum Gasteiger partial charge on any atom is -0.396 e. The minimum atomic E-state index is -0.380. The fraction of sp³-hybridized carbons (Fsp3) is 0.769. The summed E-state index contributed by atoms with van der Waals surface area (Å²) < 4.78 is 1.71. The third-order valence-corrected chi connectivity index (χ3v) is 3.27. The van der Waals surface area contributed by atoms with Crippen LogP contribution in [0.1, 0.15) is 26.2 Å². The molecule has 1 saturated carbocycles. The van der Waals surface area contributed by atoms with Crippen LogP contribution in [0.5, 0.6) is 0 Å². The molecule has 0 aliphatic heterocycles. The maximum Gasteiger partial charge on any atom is 0.0862 e. The molecule has 0 radical (unpaired) electrons. The zero-order valence-electron chi connectivity index (χ0n) is 11.1. The van der Waals surface area contributed by atoms with Crippen LogP contribution >= 0.6 is 0 Å². The van der Waals surface area contributed by atoms with Gasteiger partial charge >= 0.3 is 0 Å². The van der Waals surface area contributed by atoms with Crippen molar-refractivity contribution in [3.05, 3.63) is 12.4 Å². The number of anilines is 1. The number of aliphatic hydroxyl groups excluding tert-OH is 1. The zero-order valence-corrected chi connectivity index (χ0v) is 11.1. The lowest BCUT2D eigenvalue weighted by Gasteiger charge is -2.24. The van der Waals surface area contributed by atoms with E-state index in [9.17, 15) is 5.11 Å². The van der Waals surface area contributed by atoms with Gasteiger partial charge in [-0.2, -0.15) is 5.10 Å². The van der Waals surface area contributed by atoms with Gasteiger partial charge in [-0.25, -0.2) is 0 Å². The first-order valence-electron chi connectivity index (χ1n) is 6.85. The fourth-order valence-electron chi connectivity index (χ4n) is 2.29. The molecular formula is C13H24N4O. The van der Waals surface area contributed by atoms with E-state index in [1.807, 2.05) is 0 Å². The van der Waals surface area contributed by atoms with E-state index in [0.29, 0.717) is 12.2 Å². The molecule has 1 aromatic heterocycles. The Labute approximate surface area is 109 Å². The summed E-state index contributed by atoms with van der Waals surface area (Å²) in [7, 11) is 0. The number of nitrogens with two attached hydrogens (primary N) is 1. The monoisotopic (exact) mass is 252 g/mol. The van der Waals surface area contributed by atoms with Crippen LogP contribution in [0.3, 0.4) is 0 Å². The predicted molar refractivity (Wildman–Crippen MR) is 72.1 cm³/mol. The molecule has 1 unspecified atom stereocenters. The summed E-state index contributed by atoms with van der Waals surface area (Å²) in [6, 6.07) is 0. The van der Waals surface area contributed by atoms with Crippen molar-refractivity contribution < 1.29 is 5.11 Å². The lowest BCUT2D eigenvalue weighted by Crippen LogP contribution is -2.36. The second-order valence-corrected chi connectivity index (χ2v) is 5.35. The van der Waals surface area contributed by atoms with Gasteiger partial charge in [-0.05, 0) is 31.7 Å². The Kier molecular flexibility index (Phi) is 4.60. The molecule has 0 aromatic carbocycles. The van der Waals surface area contributed by atoms with Crippen LogP contribution in [0.25, 0.3) is 0 Å². The number of hydrogen-bond donors (Lipinski definition) is 2. The van der Waals surface area contributed by atoms with Crippen molar-refractivity contribution in [3.8, 4) is 0 Å². The van der Waals surface area contributed by atoms with E-state index in [1.165, 1.54) is 12.8 Å². The lowest BCUT2D eigenvalue weighted by atomic mass is 10.2. The maximum absolute atomic E-state index is 10.1. The molecule has 1 aromatic rings. The summed E-state index contributed by atoms with van der Waals surface area (Å²) in [6.45, 7) is 5.62. The number of aliphatic hydroxyl groups is 1. The highest BCUT2D eigenvalue weighted by molar-refractivity contribution is 5.30. The van der Waals surface area contributed by atoms with E-state index in [0.717, 1.165) is 32.0 Å². The Hall–Kier alpha value is -1.07. The van der Waals surface area contributed by atoms with Gasteiger partial charge in [0, 0.05) is 19.3 Å². The van der Waals surface area contributed by atoms with Crippen LogP contribution in [0.2, 0.25) is 0 Å². The molecule has 5 heteroatoms. The highest BCUT2D eigenvalue weighted by atomic mass is 16.3. The van der Waals surface area contributed by atoms with Gasteiger partial charge in [0.25, 0.3) is 0 Å². The van der Waals surface area contributed by atoms with Gasteiger partial charge in [0.05, 0.1) is 24.5 Å². The van der Waals surface area contributed by atoms with E-state index in [4.69, 9.17) is 5.73 Å². The Bertz CT molecular complexity index is 362. The van der Waals surface area contributed by atoms with E-state index in [-0.39, 0.29) is 6.10 Å². The quantitative estimate of drug-likeness (QED) is 0.723. The number of rotatable bonds is 8. The first-order chi connectivity index (χ1) is 8.67. The molecule has 1 atom stereocenters. The first-order valence-corrected chi connectivity index (χ1v) is 6.85. The molecule has 2 rings (SSSR count). The largest absolute Gasteiger partial charge is 0.396 e. The number of nitrogens with zero attached hydrogens (tertiary/aromatic N) is 3. The topological polar surface area (TPSA) is 67.3 Å². The molecule has 3 N–H and O–H groups in total. The van der Waals surface area contributed by atoms with Crippen molar-refractivity contribution in [2.45, 2.75) is 38.8 Å². The second-order valence-electron chi connectivity index (χ2n) is 5.35. The normalized spacial score (nSPS) is 17.3. The van der Waals surface area contributed by atoms with E-state index < -0.39 is 0 Å². The molecule has 0 spiro atoms. The summed E-state index contributed by atoms with van der Waals surface area (Å²) in [5.41, 5.74) is 6.25. The SMILES string of the molecule is CCCN(CC(O)Cn1cc(N)cn1)CC1CC1. The van der Waals surface area contributed by atoms with Gasteiger partial charge in [0.1, 0.15) is 0 Å². The Morgan fingerprint density at radius 1 is 1.61 bits per heavy atom. The lowest BCUT2D eigenvalue weighted by molar-refractivity contribution is 0.0925. The summed E-state index contributed by atoms with van der Waals surface area (Å²) >= 11 is 0. The van der Waals surface area contributed by atoms with Crippen LogP contribution in [0, 0.1) is 5.92 Å². The molecule has 102 valence electrons. The molecule has 1 fully saturated rings. The van der Waals surface area contributed by atoms with E-state index in [2.05, 4.69) is 16.9 Å². The molecular weight excluding hydrogens is 228 g/mol. The minimum absolute atomic E-state index is 0.380. The zero-order chi connectivity index (χ0) is 13.0. The highest BCUT2D eigenvalue weighted by Crippen LogP contribution is 2.29. The molecule has 18 heavy (non-hydrogen) atoms. The fourth-order valence-corrected chi connectivity index (χ4v) is 2.29. The Balaban J connectivity index is 1.77. The molecule has 1 aliphatic rings. The first kappa shape index (κ1) is 13.4. The van der Waals surface area contributed by atoms with Crippen LogP contribution < -0.4 is 5.73 Å². The summed E-state index contributed by atoms with van der Waals surface area (Å²) in [6.07, 6.45) is 6.83. The highest BCUT2D eigenvalue weighted by Gasteiger charge is 2.24. The number of hydrogen-bond acceptors (Lipinski definition) is 4. The smallest absolute Gasteiger partial charge is 0.0862 e. The standard InChI is InChI=1S/C13H24N4O/c1-2-5-16(7-11-3-4-11)9-13(18)10-17-8-12(14)6-15-17/h6,8,11,13,18H,2-5,7,9-10,14H2,1H3. The summed E-state index contributed by atoms with van der Waals surface area (Å²) in [4.78, 5) is 2.37. The van der Waals surface area contributed by atoms with Crippen LogP contribution in [-0.2, 0) is 6.54 Å². The molecule has 1 heterocycles. The third kappa shape index (κ3) is 4.31. The van der Waals surface area contributed by atoms with Gasteiger partial charge in [0.15, 0.2) is 0 Å². The van der Waals surface area contributed by atoms with Gasteiger partial charge in [-0.1, -0.05) is 6.92 Å². The Morgan fingerprint density at radius 2 is 2.39 bits per heavy atom. The average Bonchev–Trinajstić information content (AvgIpc) is 3.02. The van der Waals surface area contributed by atoms with Crippen molar-refractivity contribution in [3.63, 3.8) is 0 Å².